The van der Waals surface area contributed by atoms with E-state index in [1.165, 1.54) is 6.42 Å². The fraction of sp³-hybridized carbons (Fsp3) is 0.846. The van der Waals surface area contributed by atoms with Crippen LogP contribution < -0.4 is 10.6 Å². The van der Waals surface area contributed by atoms with Crippen LogP contribution in [0, 0.1) is 0 Å². The van der Waals surface area contributed by atoms with Crippen molar-refractivity contribution < 1.29 is 9.59 Å². The summed E-state index contributed by atoms with van der Waals surface area (Å²) in [5.74, 6) is 0.268. The molecular formula is C13H23N3O2. The molecule has 2 amide bonds. The molecule has 2 heterocycles. The molecule has 18 heavy (non-hydrogen) atoms. The maximum atomic E-state index is 12.0. The van der Waals surface area contributed by atoms with Crippen LogP contribution in [0.1, 0.15) is 39.0 Å². The summed E-state index contributed by atoms with van der Waals surface area (Å²) in [4.78, 5) is 25.1. The zero-order chi connectivity index (χ0) is 13.0. The van der Waals surface area contributed by atoms with E-state index >= 15 is 0 Å². The molecule has 0 bridgehead atoms. The van der Waals surface area contributed by atoms with Gasteiger partial charge in [-0.25, -0.2) is 0 Å². The van der Waals surface area contributed by atoms with Crippen molar-refractivity contribution in [1.82, 2.24) is 15.5 Å². The molecule has 0 radical (unpaired) electrons. The van der Waals surface area contributed by atoms with Crippen LogP contribution >= 0.6 is 0 Å². The summed E-state index contributed by atoms with van der Waals surface area (Å²) in [6.45, 7) is 4.07. The number of hydrogen-bond donors (Lipinski definition) is 2. The number of hydrogen-bond acceptors (Lipinski definition) is 3. The number of amides is 2. The molecule has 2 N–H and O–H groups in total. The zero-order valence-corrected chi connectivity index (χ0v) is 11.1. The van der Waals surface area contributed by atoms with Crippen molar-refractivity contribution in [3.63, 3.8) is 0 Å². The molecule has 1 unspecified atom stereocenters. The van der Waals surface area contributed by atoms with Crippen LogP contribution in [0.2, 0.25) is 0 Å². The van der Waals surface area contributed by atoms with E-state index in [-0.39, 0.29) is 23.9 Å². The molecule has 2 saturated heterocycles. The van der Waals surface area contributed by atoms with Crippen molar-refractivity contribution in [2.45, 2.75) is 51.1 Å². The van der Waals surface area contributed by atoms with Gasteiger partial charge in [-0.1, -0.05) is 6.42 Å². The molecular weight excluding hydrogens is 230 g/mol. The van der Waals surface area contributed by atoms with E-state index in [2.05, 4.69) is 10.6 Å². The molecule has 2 fully saturated rings. The molecule has 102 valence electrons. The lowest BCUT2D eigenvalue weighted by Crippen LogP contribution is -2.52. The van der Waals surface area contributed by atoms with Crippen LogP contribution in [0.4, 0.5) is 0 Å². The molecule has 0 saturated carbocycles. The standard InChI is InChI=1S/C13H23N3O2/c1-10(17)16-8-5-11(6-9-16)15-13(18)12-4-2-3-7-14-12/h11-12,14H,2-9H2,1H3,(H,15,18). The van der Waals surface area contributed by atoms with Gasteiger partial charge >= 0.3 is 0 Å². The van der Waals surface area contributed by atoms with E-state index in [1.807, 2.05) is 4.90 Å². The summed E-state index contributed by atoms with van der Waals surface area (Å²) in [5.41, 5.74) is 0. The Morgan fingerprint density at radius 2 is 1.89 bits per heavy atom. The third-order valence-electron chi connectivity index (χ3n) is 3.91. The molecule has 0 aromatic heterocycles. The van der Waals surface area contributed by atoms with Gasteiger partial charge in [-0.05, 0) is 32.2 Å². The average molecular weight is 253 g/mol. The van der Waals surface area contributed by atoms with Crippen LogP contribution in [0.3, 0.4) is 0 Å². The van der Waals surface area contributed by atoms with E-state index in [0.29, 0.717) is 0 Å². The highest BCUT2D eigenvalue weighted by molar-refractivity contribution is 5.82. The first kappa shape index (κ1) is 13.3. The van der Waals surface area contributed by atoms with Crippen molar-refractivity contribution in [2.75, 3.05) is 19.6 Å². The van der Waals surface area contributed by atoms with Gasteiger partial charge in [-0.15, -0.1) is 0 Å². The summed E-state index contributed by atoms with van der Waals surface area (Å²) < 4.78 is 0. The van der Waals surface area contributed by atoms with Crippen LogP contribution in [0.5, 0.6) is 0 Å². The lowest BCUT2D eigenvalue weighted by molar-refractivity contribution is -0.130. The largest absolute Gasteiger partial charge is 0.352 e. The number of carbonyl (C=O) groups is 2. The number of piperidine rings is 2. The van der Waals surface area contributed by atoms with E-state index in [4.69, 9.17) is 0 Å². The Morgan fingerprint density at radius 1 is 1.17 bits per heavy atom. The minimum absolute atomic E-state index is 0.00964. The Labute approximate surface area is 108 Å². The number of carbonyl (C=O) groups excluding carboxylic acids is 2. The Hall–Kier alpha value is -1.10. The molecule has 2 aliphatic rings. The van der Waals surface area contributed by atoms with Crippen molar-refractivity contribution in [3.05, 3.63) is 0 Å². The predicted molar refractivity (Wildman–Crippen MR) is 69.1 cm³/mol. The molecule has 0 aromatic rings. The second-order valence-electron chi connectivity index (χ2n) is 5.29. The van der Waals surface area contributed by atoms with Gasteiger partial charge in [0.15, 0.2) is 0 Å². The van der Waals surface area contributed by atoms with Crippen molar-refractivity contribution in [3.8, 4) is 0 Å². The van der Waals surface area contributed by atoms with Crippen molar-refractivity contribution in [2.24, 2.45) is 0 Å². The number of nitrogens with one attached hydrogen (secondary N) is 2. The highest BCUT2D eigenvalue weighted by atomic mass is 16.2. The first-order chi connectivity index (χ1) is 8.66. The van der Waals surface area contributed by atoms with Crippen molar-refractivity contribution in [1.29, 1.82) is 0 Å². The number of nitrogens with zero attached hydrogens (tertiary/aromatic N) is 1. The minimum Gasteiger partial charge on any atom is -0.352 e. The second-order valence-corrected chi connectivity index (χ2v) is 5.29. The molecule has 1 atom stereocenters. The van der Waals surface area contributed by atoms with Gasteiger partial charge < -0.3 is 15.5 Å². The SMILES string of the molecule is CC(=O)N1CCC(NC(=O)C2CCCCN2)CC1. The topological polar surface area (TPSA) is 61.4 Å². The van der Waals surface area contributed by atoms with Gasteiger partial charge in [0.05, 0.1) is 6.04 Å². The smallest absolute Gasteiger partial charge is 0.237 e. The first-order valence-corrected chi connectivity index (χ1v) is 6.96. The van der Waals surface area contributed by atoms with E-state index in [0.717, 1.165) is 45.3 Å². The Bertz CT molecular complexity index is 305. The third kappa shape index (κ3) is 3.45. The molecule has 5 heteroatoms. The summed E-state index contributed by atoms with van der Waals surface area (Å²) in [6, 6.07) is 0.224. The van der Waals surface area contributed by atoms with E-state index in [1.54, 1.807) is 6.92 Å². The van der Waals surface area contributed by atoms with Crippen LogP contribution in [0.25, 0.3) is 0 Å². The molecule has 2 rings (SSSR count). The fourth-order valence-corrected chi connectivity index (χ4v) is 2.72. The third-order valence-corrected chi connectivity index (χ3v) is 3.91. The zero-order valence-electron chi connectivity index (χ0n) is 11.1. The number of rotatable bonds is 2. The Morgan fingerprint density at radius 3 is 2.44 bits per heavy atom. The van der Waals surface area contributed by atoms with Gasteiger partial charge in [-0.3, -0.25) is 9.59 Å². The fourth-order valence-electron chi connectivity index (χ4n) is 2.72. The van der Waals surface area contributed by atoms with Gasteiger partial charge in [-0.2, -0.15) is 0 Å². The summed E-state index contributed by atoms with van der Waals surface area (Å²) in [6.07, 6.45) is 4.99. The van der Waals surface area contributed by atoms with Gasteiger partial charge in [0.1, 0.15) is 0 Å². The first-order valence-electron chi connectivity index (χ1n) is 6.96. The van der Waals surface area contributed by atoms with Gasteiger partial charge in [0, 0.05) is 26.1 Å². The van der Waals surface area contributed by atoms with Crippen molar-refractivity contribution >= 4 is 11.8 Å². The quantitative estimate of drug-likeness (QED) is 0.742. The van der Waals surface area contributed by atoms with Gasteiger partial charge in [0.25, 0.3) is 0 Å². The maximum Gasteiger partial charge on any atom is 0.237 e. The van der Waals surface area contributed by atoms with E-state index < -0.39 is 0 Å². The Kier molecular flexibility index (Phi) is 4.58. The van der Waals surface area contributed by atoms with E-state index in [9.17, 15) is 9.59 Å². The molecule has 0 aromatic carbocycles. The maximum absolute atomic E-state index is 12.0. The van der Waals surface area contributed by atoms with Crippen LogP contribution in [0.15, 0.2) is 0 Å². The summed E-state index contributed by atoms with van der Waals surface area (Å²) >= 11 is 0. The van der Waals surface area contributed by atoms with Crippen LogP contribution in [-0.2, 0) is 9.59 Å². The molecule has 0 spiro atoms. The molecule has 0 aliphatic carbocycles. The summed E-state index contributed by atoms with van der Waals surface area (Å²) in [7, 11) is 0. The monoisotopic (exact) mass is 253 g/mol. The lowest BCUT2D eigenvalue weighted by Gasteiger charge is -2.33. The average Bonchev–Trinajstić information content (AvgIpc) is 2.40. The lowest BCUT2D eigenvalue weighted by atomic mass is 10.0. The normalized spacial score (nSPS) is 25.8. The minimum atomic E-state index is -0.00964. The summed E-state index contributed by atoms with van der Waals surface area (Å²) in [5, 5.41) is 6.37. The molecule has 2 aliphatic heterocycles. The van der Waals surface area contributed by atoms with Crippen LogP contribution in [-0.4, -0.2) is 48.4 Å². The number of likely N-dealkylation sites (tertiary alicyclic amines) is 1. The highest BCUT2D eigenvalue weighted by Crippen LogP contribution is 2.12. The molecule has 5 nitrogen and oxygen atoms in total. The second kappa shape index (κ2) is 6.18. The van der Waals surface area contributed by atoms with Gasteiger partial charge in [0.2, 0.25) is 11.8 Å². The highest BCUT2D eigenvalue weighted by Gasteiger charge is 2.26. The predicted octanol–water partition coefficient (Wildman–Crippen LogP) is 0.256. The Balaban J connectivity index is 1.73.